The number of halogens is 1. The van der Waals surface area contributed by atoms with Gasteiger partial charge < -0.3 is 34.6 Å². The number of carbonyl (C=O) groups is 1. The molecule has 0 saturated carbocycles. The van der Waals surface area contributed by atoms with Crippen LogP contribution in [0.4, 0.5) is 16.2 Å². The van der Waals surface area contributed by atoms with Crippen LogP contribution in [-0.2, 0) is 0 Å². The summed E-state index contributed by atoms with van der Waals surface area (Å²) < 4.78 is 16.1. The molecule has 2 aliphatic heterocycles. The summed E-state index contributed by atoms with van der Waals surface area (Å²) in [4.78, 5) is 16.9. The molecule has 2 fully saturated rings. The van der Waals surface area contributed by atoms with Gasteiger partial charge in [-0.25, -0.2) is 4.79 Å². The van der Waals surface area contributed by atoms with Crippen molar-refractivity contribution in [3.05, 3.63) is 41.4 Å². The fourth-order valence-electron chi connectivity index (χ4n) is 4.80. The van der Waals surface area contributed by atoms with Gasteiger partial charge in [-0.15, -0.1) is 0 Å². The van der Waals surface area contributed by atoms with Gasteiger partial charge in [0.25, 0.3) is 0 Å². The van der Waals surface area contributed by atoms with Crippen molar-refractivity contribution in [1.29, 1.82) is 0 Å². The molecule has 0 aromatic heterocycles. The van der Waals surface area contributed by atoms with E-state index in [1.807, 2.05) is 29.2 Å². The first-order chi connectivity index (χ1) is 16.9. The zero-order valence-electron chi connectivity index (χ0n) is 20.2. The van der Waals surface area contributed by atoms with Gasteiger partial charge in [0.15, 0.2) is 5.11 Å². The average Bonchev–Trinajstić information content (AvgIpc) is 3.29. The normalized spacial score (nSPS) is 16.7. The standard InChI is InChI=1S/C25H31ClN4O4S/c1-32-20-7-5-4-6-18(20)27-23(31)29-11-8-25(9-12-29)10-13-30(16-25)24(35)28-19-15-21(33-2)17(26)14-22(19)34-3/h4-7,14-15H,8-13,16H2,1-3H3,(H,27,31)(H,28,35). The second-order valence-corrected chi connectivity index (χ2v) is 9.70. The van der Waals surface area contributed by atoms with Gasteiger partial charge in [0, 0.05) is 38.3 Å². The molecule has 0 unspecified atom stereocenters. The van der Waals surface area contributed by atoms with Crippen LogP contribution >= 0.6 is 23.8 Å². The third-order valence-corrected chi connectivity index (χ3v) is 7.56. The fraction of sp³-hybridized carbons (Fsp3) is 0.440. The summed E-state index contributed by atoms with van der Waals surface area (Å²) in [6.07, 6.45) is 2.91. The summed E-state index contributed by atoms with van der Waals surface area (Å²) in [6, 6.07) is 10.8. The number of amides is 2. The number of methoxy groups -OCH3 is 3. The van der Waals surface area contributed by atoms with E-state index in [-0.39, 0.29) is 11.4 Å². The monoisotopic (exact) mass is 518 g/mol. The molecule has 1 spiro atoms. The van der Waals surface area contributed by atoms with Crippen molar-refractivity contribution in [2.24, 2.45) is 5.41 Å². The first-order valence-corrected chi connectivity index (χ1v) is 12.3. The lowest BCUT2D eigenvalue weighted by Crippen LogP contribution is -2.46. The molecule has 2 amide bonds. The number of anilines is 2. The predicted octanol–water partition coefficient (Wildman–Crippen LogP) is 5.08. The number of nitrogens with one attached hydrogen (secondary N) is 2. The zero-order valence-corrected chi connectivity index (χ0v) is 21.8. The number of ether oxygens (including phenoxy) is 3. The van der Waals surface area contributed by atoms with E-state index >= 15 is 0 Å². The maximum Gasteiger partial charge on any atom is 0.321 e. The highest BCUT2D eigenvalue weighted by Crippen LogP contribution is 2.41. The van der Waals surface area contributed by atoms with E-state index in [9.17, 15) is 4.79 Å². The molecule has 0 aliphatic carbocycles. The molecule has 10 heteroatoms. The van der Waals surface area contributed by atoms with Crippen molar-refractivity contribution in [2.75, 3.05) is 58.1 Å². The Morgan fingerprint density at radius 1 is 0.886 bits per heavy atom. The number of urea groups is 1. The van der Waals surface area contributed by atoms with Gasteiger partial charge in [-0.1, -0.05) is 23.7 Å². The molecule has 0 bridgehead atoms. The van der Waals surface area contributed by atoms with Gasteiger partial charge in [-0.05, 0) is 49.0 Å². The van der Waals surface area contributed by atoms with Crippen molar-refractivity contribution in [2.45, 2.75) is 19.3 Å². The predicted molar refractivity (Wildman–Crippen MR) is 142 cm³/mol. The van der Waals surface area contributed by atoms with E-state index in [0.29, 0.717) is 51.8 Å². The lowest BCUT2D eigenvalue weighted by molar-refractivity contribution is 0.132. The van der Waals surface area contributed by atoms with Crippen molar-refractivity contribution in [1.82, 2.24) is 9.80 Å². The number of nitrogens with zero attached hydrogens (tertiary/aromatic N) is 2. The fourth-order valence-corrected chi connectivity index (χ4v) is 5.29. The largest absolute Gasteiger partial charge is 0.495 e. The van der Waals surface area contributed by atoms with Gasteiger partial charge in [0.05, 0.1) is 37.7 Å². The van der Waals surface area contributed by atoms with Crippen LogP contribution in [-0.4, -0.2) is 68.5 Å². The Kier molecular flexibility index (Phi) is 7.76. The SMILES string of the molecule is COc1cc(NC(=S)N2CCC3(CCN(C(=O)Nc4ccccc4OC)CC3)C2)c(OC)cc1Cl. The van der Waals surface area contributed by atoms with Crippen LogP contribution in [0, 0.1) is 5.41 Å². The summed E-state index contributed by atoms with van der Waals surface area (Å²) in [5, 5.41) is 7.39. The van der Waals surface area contributed by atoms with Gasteiger partial charge in [0.2, 0.25) is 0 Å². The van der Waals surface area contributed by atoms with Crippen molar-refractivity contribution >= 4 is 46.3 Å². The summed E-state index contributed by atoms with van der Waals surface area (Å²) in [6.45, 7) is 3.13. The van der Waals surface area contributed by atoms with E-state index in [0.717, 1.165) is 32.4 Å². The van der Waals surface area contributed by atoms with Gasteiger partial charge >= 0.3 is 6.03 Å². The van der Waals surface area contributed by atoms with Crippen molar-refractivity contribution < 1.29 is 19.0 Å². The zero-order chi connectivity index (χ0) is 25.0. The third kappa shape index (κ3) is 5.51. The average molecular weight is 519 g/mol. The minimum absolute atomic E-state index is 0.0971. The quantitative estimate of drug-likeness (QED) is 0.534. The molecular weight excluding hydrogens is 488 g/mol. The topological polar surface area (TPSA) is 75.3 Å². The molecule has 8 nitrogen and oxygen atoms in total. The number of para-hydroxylation sites is 2. The molecule has 2 heterocycles. The van der Waals surface area contributed by atoms with Gasteiger partial charge in [-0.2, -0.15) is 0 Å². The molecule has 4 rings (SSSR count). The minimum atomic E-state index is -0.0971. The van der Waals surface area contributed by atoms with E-state index in [4.69, 9.17) is 38.0 Å². The molecule has 0 radical (unpaired) electrons. The Labute approximate surface area is 216 Å². The second kappa shape index (κ2) is 10.8. The van der Waals surface area contributed by atoms with E-state index in [1.54, 1.807) is 33.5 Å². The summed E-state index contributed by atoms with van der Waals surface area (Å²) >= 11 is 11.9. The number of hydrogen-bond donors (Lipinski definition) is 2. The lowest BCUT2D eigenvalue weighted by atomic mass is 9.78. The van der Waals surface area contributed by atoms with Crippen LogP contribution in [0.2, 0.25) is 5.02 Å². The number of benzene rings is 2. The molecular formula is C25H31ClN4O4S. The number of rotatable bonds is 5. The van der Waals surface area contributed by atoms with Crippen LogP contribution < -0.4 is 24.8 Å². The Hall–Kier alpha value is -2.91. The molecule has 35 heavy (non-hydrogen) atoms. The van der Waals surface area contributed by atoms with Crippen molar-refractivity contribution in [3.63, 3.8) is 0 Å². The Bertz CT molecular complexity index is 1090. The van der Waals surface area contributed by atoms with Gasteiger partial charge in [-0.3, -0.25) is 0 Å². The lowest BCUT2D eigenvalue weighted by Gasteiger charge is -2.39. The van der Waals surface area contributed by atoms with Gasteiger partial charge in [0.1, 0.15) is 17.2 Å². The molecule has 2 aromatic rings. The maximum atomic E-state index is 12.8. The number of likely N-dealkylation sites (tertiary alicyclic amines) is 2. The smallest absolute Gasteiger partial charge is 0.321 e. The molecule has 2 aliphatic rings. The van der Waals surface area contributed by atoms with Crippen LogP contribution in [0.1, 0.15) is 19.3 Å². The Morgan fingerprint density at radius 3 is 2.17 bits per heavy atom. The first kappa shape index (κ1) is 25.2. The van der Waals surface area contributed by atoms with Crippen molar-refractivity contribution in [3.8, 4) is 17.2 Å². The van der Waals surface area contributed by atoms with Crippen LogP contribution in [0.3, 0.4) is 0 Å². The molecule has 2 N–H and O–H groups in total. The highest BCUT2D eigenvalue weighted by molar-refractivity contribution is 7.80. The van der Waals surface area contributed by atoms with E-state index in [1.165, 1.54) is 0 Å². The van der Waals surface area contributed by atoms with E-state index < -0.39 is 0 Å². The number of thiocarbonyl (C=S) groups is 1. The van der Waals surface area contributed by atoms with Crippen LogP contribution in [0.5, 0.6) is 17.2 Å². The number of hydrogen-bond acceptors (Lipinski definition) is 5. The molecule has 2 aromatic carbocycles. The number of carbonyl (C=O) groups excluding carboxylic acids is 1. The van der Waals surface area contributed by atoms with E-state index in [2.05, 4.69) is 15.5 Å². The minimum Gasteiger partial charge on any atom is -0.495 e. The molecule has 2 saturated heterocycles. The van der Waals surface area contributed by atoms with Crippen LogP contribution in [0.15, 0.2) is 36.4 Å². The highest BCUT2D eigenvalue weighted by atomic mass is 35.5. The first-order valence-electron chi connectivity index (χ1n) is 11.5. The number of piperidine rings is 1. The summed E-state index contributed by atoms with van der Waals surface area (Å²) in [5.41, 5.74) is 1.54. The third-order valence-electron chi connectivity index (χ3n) is 6.90. The Morgan fingerprint density at radius 2 is 1.51 bits per heavy atom. The summed E-state index contributed by atoms with van der Waals surface area (Å²) in [5.74, 6) is 1.80. The molecule has 188 valence electrons. The summed E-state index contributed by atoms with van der Waals surface area (Å²) in [7, 11) is 4.76. The maximum absolute atomic E-state index is 12.8. The Balaban J connectivity index is 1.33. The highest BCUT2D eigenvalue weighted by Gasteiger charge is 2.42. The molecule has 0 atom stereocenters. The second-order valence-electron chi connectivity index (χ2n) is 8.91. The van der Waals surface area contributed by atoms with Crippen LogP contribution in [0.25, 0.3) is 0 Å².